The molecule has 108 valence electrons. The van der Waals surface area contributed by atoms with Crippen LogP contribution in [0.4, 0.5) is 0 Å². The van der Waals surface area contributed by atoms with Gasteiger partial charge in [0.05, 0.1) is 6.10 Å². The zero-order valence-corrected chi connectivity index (χ0v) is 11.9. The van der Waals surface area contributed by atoms with E-state index in [1.165, 1.54) is 16.5 Å². The predicted octanol–water partition coefficient (Wildman–Crippen LogP) is 2.79. The fourth-order valence-electron chi connectivity index (χ4n) is 2.57. The van der Waals surface area contributed by atoms with Crippen LogP contribution in [0.2, 0.25) is 0 Å². The first kappa shape index (κ1) is 13.9. The number of nitrogens with one attached hydrogen (secondary N) is 1. The Bertz CT molecular complexity index is 691. The van der Waals surface area contributed by atoms with Gasteiger partial charge in [-0.25, -0.2) is 0 Å². The molecule has 0 saturated carbocycles. The lowest BCUT2D eigenvalue weighted by Gasteiger charge is -2.14. The van der Waals surface area contributed by atoms with Crippen molar-refractivity contribution < 1.29 is 5.11 Å². The van der Waals surface area contributed by atoms with Crippen LogP contribution in [0.3, 0.4) is 0 Å². The highest BCUT2D eigenvalue weighted by Gasteiger charge is 2.07. The van der Waals surface area contributed by atoms with Crippen molar-refractivity contribution in [1.82, 2.24) is 9.88 Å². The highest BCUT2D eigenvalue weighted by molar-refractivity contribution is 5.79. The Hall–Kier alpha value is -2.10. The minimum atomic E-state index is -0.399. The third-order valence-electron chi connectivity index (χ3n) is 3.64. The average Bonchev–Trinajstić information content (AvgIpc) is 2.92. The monoisotopic (exact) mass is 280 g/mol. The number of nitrogens with zero attached hydrogens (tertiary/aromatic N) is 1. The summed E-state index contributed by atoms with van der Waals surface area (Å²) in [5, 5.41) is 14.7. The predicted molar refractivity (Wildman–Crippen MR) is 86.1 cm³/mol. The van der Waals surface area contributed by atoms with Gasteiger partial charge in [0.2, 0.25) is 0 Å². The molecule has 1 atom stereocenters. The Kier molecular flexibility index (Phi) is 4.34. The second-order valence-corrected chi connectivity index (χ2v) is 5.30. The Morgan fingerprint density at radius 2 is 1.71 bits per heavy atom. The van der Waals surface area contributed by atoms with E-state index in [1.807, 2.05) is 36.5 Å². The van der Waals surface area contributed by atoms with E-state index in [0.717, 1.165) is 6.54 Å². The Morgan fingerprint density at radius 1 is 0.952 bits per heavy atom. The molecule has 3 heteroatoms. The summed E-state index contributed by atoms with van der Waals surface area (Å²) in [5.74, 6) is 0. The van der Waals surface area contributed by atoms with Crippen molar-refractivity contribution in [3.63, 3.8) is 0 Å². The number of aliphatic hydroxyl groups is 1. The lowest BCUT2D eigenvalue weighted by molar-refractivity contribution is 0.152. The van der Waals surface area contributed by atoms with E-state index < -0.39 is 6.10 Å². The van der Waals surface area contributed by atoms with Gasteiger partial charge in [-0.15, -0.1) is 0 Å². The van der Waals surface area contributed by atoms with Crippen molar-refractivity contribution in [1.29, 1.82) is 0 Å². The molecule has 3 rings (SSSR count). The van der Waals surface area contributed by atoms with E-state index in [2.05, 4.69) is 40.2 Å². The molecular formula is C18H20N2O. The molecule has 0 bridgehead atoms. The topological polar surface area (TPSA) is 37.2 Å². The summed E-state index contributed by atoms with van der Waals surface area (Å²) in [7, 11) is 0. The van der Waals surface area contributed by atoms with E-state index >= 15 is 0 Å². The van der Waals surface area contributed by atoms with Gasteiger partial charge in [0, 0.05) is 31.3 Å². The highest BCUT2D eigenvalue weighted by atomic mass is 16.3. The second kappa shape index (κ2) is 6.57. The van der Waals surface area contributed by atoms with Crippen LogP contribution < -0.4 is 5.32 Å². The first-order valence-corrected chi connectivity index (χ1v) is 7.29. The van der Waals surface area contributed by atoms with Crippen molar-refractivity contribution in [3.8, 4) is 0 Å². The van der Waals surface area contributed by atoms with Gasteiger partial charge in [-0.1, -0.05) is 48.5 Å². The maximum Gasteiger partial charge on any atom is 0.0843 e. The third kappa shape index (κ3) is 3.51. The maximum atomic E-state index is 10.2. The maximum absolute atomic E-state index is 10.2. The largest absolute Gasteiger partial charge is 0.390 e. The van der Waals surface area contributed by atoms with Gasteiger partial charge in [-0.3, -0.25) is 0 Å². The number of benzene rings is 2. The molecule has 2 N–H and O–H groups in total. The average molecular weight is 280 g/mol. The Balaban J connectivity index is 1.53. The van der Waals surface area contributed by atoms with E-state index in [1.54, 1.807) is 0 Å². The number of hydrogen-bond donors (Lipinski definition) is 2. The molecule has 0 radical (unpaired) electrons. The zero-order chi connectivity index (χ0) is 14.5. The molecule has 21 heavy (non-hydrogen) atoms. The van der Waals surface area contributed by atoms with Crippen LogP contribution in [0.15, 0.2) is 66.9 Å². The SMILES string of the molecule is O[C@@H](CNCc1ccccc1)Cn1ccc2ccccc21. The summed E-state index contributed by atoms with van der Waals surface area (Å²) in [5.41, 5.74) is 2.40. The van der Waals surface area contributed by atoms with Crippen LogP contribution in [0.1, 0.15) is 5.56 Å². The molecule has 3 nitrogen and oxygen atoms in total. The number of para-hydroxylation sites is 1. The van der Waals surface area contributed by atoms with Crippen LogP contribution in [0.25, 0.3) is 10.9 Å². The van der Waals surface area contributed by atoms with Gasteiger partial charge in [0.25, 0.3) is 0 Å². The molecule has 0 amide bonds. The molecule has 0 fully saturated rings. The standard InChI is InChI=1S/C18H20N2O/c21-17(13-19-12-15-6-2-1-3-7-15)14-20-11-10-16-8-4-5-9-18(16)20/h1-11,17,19,21H,12-14H2/t17-/m0/s1. The summed E-state index contributed by atoms with van der Waals surface area (Å²) in [6, 6.07) is 20.5. The summed E-state index contributed by atoms with van der Waals surface area (Å²) in [6.07, 6.45) is 1.63. The zero-order valence-electron chi connectivity index (χ0n) is 11.9. The van der Waals surface area contributed by atoms with Gasteiger partial charge in [-0.2, -0.15) is 0 Å². The van der Waals surface area contributed by atoms with Gasteiger partial charge < -0.3 is 15.0 Å². The smallest absolute Gasteiger partial charge is 0.0843 e. The van der Waals surface area contributed by atoms with E-state index in [9.17, 15) is 5.11 Å². The van der Waals surface area contributed by atoms with Crippen LogP contribution in [0, 0.1) is 0 Å². The quantitative estimate of drug-likeness (QED) is 0.728. The molecule has 0 aliphatic rings. The lowest BCUT2D eigenvalue weighted by Crippen LogP contribution is -2.29. The molecule has 0 spiro atoms. The molecule has 1 aromatic heterocycles. The van der Waals surface area contributed by atoms with Crippen LogP contribution in [0.5, 0.6) is 0 Å². The van der Waals surface area contributed by atoms with Crippen molar-refractivity contribution >= 4 is 10.9 Å². The normalized spacial score (nSPS) is 12.6. The number of hydrogen-bond acceptors (Lipinski definition) is 2. The summed E-state index contributed by atoms with van der Waals surface area (Å²) in [4.78, 5) is 0. The van der Waals surface area contributed by atoms with E-state index in [0.29, 0.717) is 13.1 Å². The molecule has 0 unspecified atom stereocenters. The Labute approximate surface area is 124 Å². The summed E-state index contributed by atoms with van der Waals surface area (Å²) < 4.78 is 2.10. The summed E-state index contributed by atoms with van der Waals surface area (Å²) >= 11 is 0. The molecule has 0 aliphatic heterocycles. The van der Waals surface area contributed by atoms with E-state index in [4.69, 9.17) is 0 Å². The second-order valence-electron chi connectivity index (χ2n) is 5.30. The van der Waals surface area contributed by atoms with Crippen LogP contribution in [-0.2, 0) is 13.1 Å². The highest BCUT2D eigenvalue weighted by Crippen LogP contribution is 2.15. The van der Waals surface area contributed by atoms with Gasteiger partial charge in [0.1, 0.15) is 0 Å². The number of rotatable bonds is 6. The Morgan fingerprint density at radius 3 is 2.57 bits per heavy atom. The first-order valence-electron chi connectivity index (χ1n) is 7.29. The summed E-state index contributed by atoms with van der Waals surface area (Å²) in [6.45, 7) is 1.97. The van der Waals surface area contributed by atoms with Crippen LogP contribution >= 0.6 is 0 Å². The van der Waals surface area contributed by atoms with Gasteiger partial charge in [-0.05, 0) is 23.1 Å². The van der Waals surface area contributed by atoms with E-state index in [-0.39, 0.29) is 0 Å². The molecular weight excluding hydrogens is 260 g/mol. The van der Waals surface area contributed by atoms with Gasteiger partial charge in [0.15, 0.2) is 0 Å². The molecule has 1 heterocycles. The lowest BCUT2D eigenvalue weighted by atomic mass is 10.2. The van der Waals surface area contributed by atoms with Crippen molar-refractivity contribution in [2.24, 2.45) is 0 Å². The van der Waals surface area contributed by atoms with Crippen LogP contribution in [-0.4, -0.2) is 22.3 Å². The third-order valence-corrected chi connectivity index (χ3v) is 3.64. The number of aliphatic hydroxyl groups excluding tert-OH is 1. The van der Waals surface area contributed by atoms with Crippen molar-refractivity contribution in [2.75, 3.05) is 6.54 Å². The minimum absolute atomic E-state index is 0.399. The molecule has 0 saturated heterocycles. The van der Waals surface area contributed by atoms with Gasteiger partial charge >= 0.3 is 0 Å². The molecule has 2 aromatic carbocycles. The molecule has 0 aliphatic carbocycles. The fourth-order valence-corrected chi connectivity index (χ4v) is 2.57. The first-order chi connectivity index (χ1) is 10.3. The minimum Gasteiger partial charge on any atom is -0.390 e. The number of aromatic nitrogens is 1. The van der Waals surface area contributed by atoms with Crippen molar-refractivity contribution in [2.45, 2.75) is 19.2 Å². The van der Waals surface area contributed by atoms with Crippen molar-refractivity contribution in [3.05, 3.63) is 72.4 Å². The number of fused-ring (bicyclic) bond motifs is 1. The molecule has 3 aromatic rings. The fraction of sp³-hybridized carbons (Fsp3) is 0.222.